The van der Waals surface area contributed by atoms with Crippen LogP contribution in [0.5, 0.6) is 0 Å². The first-order chi connectivity index (χ1) is 6.79. The molecule has 0 saturated heterocycles. The summed E-state index contributed by atoms with van der Waals surface area (Å²) < 4.78 is 4.55. The number of esters is 1. The van der Waals surface area contributed by atoms with E-state index in [1.807, 2.05) is 32.7 Å². The topological polar surface area (TPSA) is 49.8 Å². The number of rotatable bonds is 6. The smallest absolute Gasteiger partial charge is 0.306 e. The number of methoxy groups -OCH3 is 1. The quantitative estimate of drug-likeness (QED) is 0.671. The summed E-state index contributed by atoms with van der Waals surface area (Å²) in [6.07, 6.45) is 0.362. The number of likely N-dealkylation sites (N-methyl/N-ethyl adjacent to an activating group) is 1. The van der Waals surface area contributed by atoms with Crippen molar-refractivity contribution in [2.24, 2.45) is 5.92 Å². The summed E-state index contributed by atoms with van der Waals surface area (Å²) in [5.74, 6) is -0.0240. The maximum atomic E-state index is 10.9. The lowest BCUT2D eigenvalue weighted by atomic mass is 9.92. The molecule has 90 valence electrons. The lowest BCUT2D eigenvalue weighted by Crippen LogP contribution is -2.43. The number of hydrogen-bond donors (Lipinski definition) is 1. The van der Waals surface area contributed by atoms with Crippen molar-refractivity contribution in [2.45, 2.75) is 32.8 Å². The van der Waals surface area contributed by atoms with E-state index in [0.717, 1.165) is 0 Å². The van der Waals surface area contributed by atoms with Gasteiger partial charge in [0.05, 0.1) is 19.1 Å². The van der Waals surface area contributed by atoms with Crippen molar-refractivity contribution in [1.82, 2.24) is 4.90 Å². The SMILES string of the molecule is COC(=O)CCN(C)CC(C)(O)C(C)C. The highest BCUT2D eigenvalue weighted by atomic mass is 16.5. The van der Waals surface area contributed by atoms with E-state index >= 15 is 0 Å². The molecule has 0 saturated carbocycles. The van der Waals surface area contributed by atoms with Crippen molar-refractivity contribution in [3.8, 4) is 0 Å². The minimum atomic E-state index is -0.717. The van der Waals surface area contributed by atoms with E-state index in [9.17, 15) is 9.90 Å². The highest BCUT2D eigenvalue weighted by molar-refractivity contribution is 5.69. The third-order valence-corrected chi connectivity index (χ3v) is 2.76. The molecule has 4 heteroatoms. The van der Waals surface area contributed by atoms with Gasteiger partial charge in [-0.15, -0.1) is 0 Å². The van der Waals surface area contributed by atoms with Gasteiger partial charge in [0, 0.05) is 13.1 Å². The van der Waals surface area contributed by atoms with Gasteiger partial charge >= 0.3 is 5.97 Å². The van der Waals surface area contributed by atoms with E-state index in [0.29, 0.717) is 19.5 Å². The van der Waals surface area contributed by atoms with Gasteiger partial charge < -0.3 is 14.7 Å². The molecule has 0 amide bonds. The molecule has 1 atom stereocenters. The maximum Gasteiger partial charge on any atom is 0.306 e. The Labute approximate surface area is 92.2 Å². The molecule has 0 aromatic rings. The predicted molar refractivity (Wildman–Crippen MR) is 59.6 cm³/mol. The van der Waals surface area contributed by atoms with Crippen LogP contribution >= 0.6 is 0 Å². The maximum absolute atomic E-state index is 10.9. The number of ether oxygens (including phenoxy) is 1. The van der Waals surface area contributed by atoms with Crippen LogP contribution in [0.4, 0.5) is 0 Å². The number of carbonyl (C=O) groups is 1. The van der Waals surface area contributed by atoms with Crippen molar-refractivity contribution < 1.29 is 14.6 Å². The van der Waals surface area contributed by atoms with Crippen LogP contribution in [0.15, 0.2) is 0 Å². The first-order valence-electron chi connectivity index (χ1n) is 5.27. The fraction of sp³-hybridized carbons (Fsp3) is 0.909. The lowest BCUT2D eigenvalue weighted by Gasteiger charge is -2.32. The molecule has 0 aliphatic rings. The summed E-state index contributed by atoms with van der Waals surface area (Å²) in [6, 6.07) is 0. The molecule has 0 aliphatic carbocycles. The molecule has 0 spiro atoms. The summed E-state index contributed by atoms with van der Waals surface area (Å²) in [4.78, 5) is 12.8. The van der Waals surface area contributed by atoms with Crippen molar-refractivity contribution >= 4 is 5.97 Å². The second-order valence-corrected chi connectivity index (χ2v) is 4.58. The first kappa shape index (κ1) is 14.4. The first-order valence-corrected chi connectivity index (χ1v) is 5.27. The molecule has 0 heterocycles. The third kappa shape index (κ3) is 5.74. The Morgan fingerprint density at radius 1 is 1.53 bits per heavy atom. The molecule has 1 N–H and O–H groups in total. The van der Waals surface area contributed by atoms with Crippen LogP contribution in [0.1, 0.15) is 27.2 Å². The Kier molecular flexibility index (Phi) is 5.83. The van der Waals surface area contributed by atoms with E-state index in [-0.39, 0.29) is 11.9 Å². The van der Waals surface area contributed by atoms with Crippen LogP contribution in [-0.2, 0) is 9.53 Å². The van der Waals surface area contributed by atoms with Gasteiger partial charge in [-0.3, -0.25) is 4.79 Å². The largest absolute Gasteiger partial charge is 0.469 e. The van der Waals surface area contributed by atoms with Crippen LogP contribution in [-0.4, -0.2) is 48.8 Å². The van der Waals surface area contributed by atoms with Gasteiger partial charge in [0.1, 0.15) is 0 Å². The highest BCUT2D eigenvalue weighted by Crippen LogP contribution is 2.16. The fourth-order valence-electron chi connectivity index (χ4n) is 1.19. The van der Waals surface area contributed by atoms with Crippen LogP contribution in [0.3, 0.4) is 0 Å². The number of aliphatic hydroxyl groups is 1. The van der Waals surface area contributed by atoms with E-state index in [2.05, 4.69) is 4.74 Å². The second kappa shape index (κ2) is 6.08. The summed E-state index contributed by atoms with van der Waals surface area (Å²) >= 11 is 0. The van der Waals surface area contributed by atoms with Gasteiger partial charge in [-0.25, -0.2) is 0 Å². The van der Waals surface area contributed by atoms with Crippen LogP contribution in [0.2, 0.25) is 0 Å². The molecule has 0 bridgehead atoms. The van der Waals surface area contributed by atoms with E-state index in [1.165, 1.54) is 7.11 Å². The minimum absolute atomic E-state index is 0.193. The molecule has 0 aromatic heterocycles. The average molecular weight is 217 g/mol. The van der Waals surface area contributed by atoms with Gasteiger partial charge in [0.2, 0.25) is 0 Å². The van der Waals surface area contributed by atoms with Crippen LogP contribution in [0.25, 0.3) is 0 Å². The van der Waals surface area contributed by atoms with E-state index in [1.54, 1.807) is 0 Å². The zero-order valence-electron chi connectivity index (χ0n) is 10.4. The predicted octanol–water partition coefficient (Wildman–Crippen LogP) is 0.888. The normalized spacial score (nSPS) is 15.5. The van der Waals surface area contributed by atoms with Crippen molar-refractivity contribution in [2.75, 3.05) is 27.2 Å². The molecule has 0 aromatic carbocycles. The molecule has 0 aliphatic heterocycles. The Balaban J connectivity index is 3.93. The van der Waals surface area contributed by atoms with Gasteiger partial charge in [-0.05, 0) is 19.9 Å². The van der Waals surface area contributed by atoms with Crippen LogP contribution in [0, 0.1) is 5.92 Å². The summed E-state index contributed by atoms with van der Waals surface area (Å²) in [6.45, 7) is 6.94. The zero-order valence-corrected chi connectivity index (χ0v) is 10.4. The van der Waals surface area contributed by atoms with Crippen LogP contribution < -0.4 is 0 Å². The van der Waals surface area contributed by atoms with Crippen molar-refractivity contribution in [1.29, 1.82) is 0 Å². The molecule has 15 heavy (non-hydrogen) atoms. The Bertz CT molecular complexity index is 202. The summed E-state index contributed by atoms with van der Waals surface area (Å²) in [5, 5.41) is 10.0. The standard InChI is InChI=1S/C11H23NO3/c1-9(2)11(3,14)8-12(4)7-6-10(13)15-5/h9,14H,6-8H2,1-5H3. The number of hydrogen-bond acceptors (Lipinski definition) is 4. The molecular formula is C11H23NO3. The van der Waals surface area contributed by atoms with E-state index in [4.69, 9.17) is 0 Å². The third-order valence-electron chi connectivity index (χ3n) is 2.76. The molecular weight excluding hydrogens is 194 g/mol. The van der Waals surface area contributed by atoms with Crippen molar-refractivity contribution in [3.05, 3.63) is 0 Å². The van der Waals surface area contributed by atoms with Gasteiger partial charge in [-0.1, -0.05) is 13.8 Å². The monoisotopic (exact) mass is 217 g/mol. The molecule has 0 radical (unpaired) electrons. The number of nitrogens with zero attached hydrogens (tertiary/aromatic N) is 1. The fourth-order valence-corrected chi connectivity index (χ4v) is 1.19. The average Bonchev–Trinajstić information content (AvgIpc) is 2.13. The minimum Gasteiger partial charge on any atom is -0.469 e. The Morgan fingerprint density at radius 2 is 2.07 bits per heavy atom. The number of carbonyl (C=O) groups excluding carboxylic acids is 1. The zero-order chi connectivity index (χ0) is 12.1. The lowest BCUT2D eigenvalue weighted by molar-refractivity contribution is -0.141. The second-order valence-electron chi connectivity index (χ2n) is 4.58. The molecule has 4 nitrogen and oxygen atoms in total. The molecule has 0 rings (SSSR count). The highest BCUT2D eigenvalue weighted by Gasteiger charge is 2.26. The van der Waals surface area contributed by atoms with Gasteiger partial charge in [-0.2, -0.15) is 0 Å². The summed E-state index contributed by atoms with van der Waals surface area (Å²) in [7, 11) is 3.27. The van der Waals surface area contributed by atoms with Gasteiger partial charge in [0.25, 0.3) is 0 Å². The summed E-state index contributed by atoms with van der Waals surface area (Å²) in [5.41, 5.74) is -0.717. The Hall–Kier alpha value is -0.610. The van der Waals surface area contributed by atoms with E-state index < -0.39 is 5.60 Å². The van der Waals surface area contributed by atoms with Gasteiger partial charge in [0.15, 0.2) is 0 Å². The molecule has 0 fully saturated rings. The van der Waals surface area contributed by atoms with Crippen molar-refractivity contribution in [3.63, 3.8) is 0 Å². The molecule has 1 unspecified atom stereocenters. The Morgan fingerprint density at radius 3 is 2.47 bits per heavy atom.